The van der Waals surface area contributed by atoms with Crippen molar-refractivity contribution in [2.45, 2.75) is 17.4 Å². The molecule has 19 heavy (non-hydrogen) atoms. The first-order valence-corrected chi connectivity index (χ1v) is 6.91. The summed E-state index contributed by atoms with van der Waals surface area (Å²) >= 11 is 1.29. The van der Waals surface area contributed by atoms with Crippen LogP contribution in [0.3, 0.4) is 0 Å². The van der Waals surface area contributed by atoms with Crippen molar-refractivity contribution in [2.75, 3.05) is 12.9 Å². The van der Waals surface area contributed by atoms with Crippen LogP contribution in [-0.2, 0) is 9.53 Å². The molecule has 2 N–H and O–H groups in total. The number of hydrogen-bond donors (Lipinski definition) is 2. The Morgan fingerprint density at radius 2 is 2.05 bits per heavy atom. The summed E-state index contributed by atoms with van der Waals surface area (Å²) < 4.78 is 4.61. The van der Waals surface area contributed by atoms with Crippen LogP contribution in [0.1, 0.15) is 10.4 Å². The molecule has 1 fully saturated rings. The fourth-order valence-electron chi connectivity index (χ4n) is 1.91. The average molecular weight is 281 g/mol. The number of aliphatic hydroxyl groups is 1. The van der Waals surface area contributed by atoms with E-state index < -0.39 is 23.4 Å². The Hall–Kier alpha value is -1.53. The summed E-state index contributed by atoms with van der Waals surface area (Å²) in [6.07, 6.45) is -0.926. The smallest absolute Gasteiger partial charge is 0.321 e. The van der Waals surface area contributed by atoms with Gasteiger partial charge in [-0.1, -0.05) is 18.2 Å². The van der Waals surface area contributed by atoms with Crippen molar-refractivity contribution in [3.05, 3.63) is 35.9 Å². The first-order valence-electron chi connectivity index (χ1n) is 5.87. The number of esters is 1. The zero-order valence-corrected chi connectivity index (χ0v) is 11.2. The number of benzene rings is 1. The molecule has 0 unspecified atom stereocenters. The lowest BCUT2D eigenvalue weighted by molar-refractivity contribution is -0.142. The van der Waals surface area contributed by atoms with Gasteiger partial charge in [-0.3, -0.25) is 9.59 Å². The summed E-state index contributed by atoms with van der Waals surface area (Å²) in [7, 11) is 1.28. The number of thioether (sulfide) groups is 1. The predicted molar refractivity (Wildman–Crippen MR) is 72.0 cm³/mol. The summed E-state index contributed by atoms with van der Waals surface area (Å²) in [5.41, 5.74) is 0.529. The zero-order valence-electron chi connectivity index (χ0n) is 10.4. The molecule has 6 heteroatoms. The highest BCUT2D eigenvalue weighted by Gasteiger charge is 2.41. The van der Waals surface area contributed by atoms with Crippen molar-refractivity contribution in [3.8, 4) is 0 Å². The van der Waals surface area contributed by atoms with Crippen LogP contribution in [0.25, 0.3) is 0 Å². The second-order valence-corrected chi connectivity index (χ2v) is 5.39. The molecule has 3 atom stereocenters. The van der Waals surface area contributed by atoms with E-state index in [1.807, 2.05) is 6.07 Å². The molecule has 0 aliphatic carbocycles. The van der Waals surface area contributed by atoms with E-state index in [0.717, 1.165) is 0 Å². The van der Waals surface area contributed by atoms with Crippen LogP contribution >= 0.6 is 11.8 Å². The highest BCUT2D eigenvalue weighted by molar-refractivity contribution is 8.01. The molecular formula is C13H15NO4S. The molecule has 0 spiro atoms. The minimum Gasteiger partial charge on any atom is -0.468 e. The summed E-state index contributed by atoms with van der Waals surface area (Å²) in [6.45, 7) is 0. The van der Waals surface area contributed by atoms with Crippen LogP contribution in [0.15, 0.2) is 30.3 Å². The molecular weight excluding hydrogens is 266 g/mol. The van der Waals surface area contributed by atoms with Crippen molar-refractivity contribution >= 4 is 23.6 Å². The van der Waals surface area contributed by atoms with E-state index in [9.17, 15) is 14.7 Å². The van der Waals surface area contributed by atoms with Crippen LogP contribution in [0.2, 0.25) is 0 Å². The molecule has 5 nitrogen and oxygen atoms in total. The van der Waals surface area contributed by atoms with Gasteiger partial charge in [-0.15, -0.1) is 11.8 Å². The van der Waals surface area contributed by atoms with Crippen molar-refractivity contribution < 1.29 is 19.4 Å². The van der Waals surface area contributed by atoms with Crippen LogP contribution < -0.4 is 5.32 Å². The van der Waals surface area contributed by atoms with Crippen LogP contribution in [0.5, 0.6) is 0 Å². The van der Waals surface area contributed by atoms with Gasteiger partial charge in [0.1, 0.15) is 5.25 Å². The SMILES string of the molecule is COC(=O)[C@H]1SC[C@@H](NC(=O)c2ccccc2)[C@H]1O. The molecule has 1 amide bonds. The van der Waals surface area contributed by atoms with E-state index in [1.54, 1.807) is 24.3 Å². The Balaban J connectivity index is 1.98. The van der Waals surface area contributed by atoms with Gasteiger partial charge in [-0.25, -0.2) is 0 Å². The van der Waals surface area contributed by atoms with Crippen LogP contribution in [0, 0.1) is 0 Å². The zero-order chi connectivity index (χ0) is 13.8. The molecule has 0 bridgehead atoms. The van der Waals surface area contributed by atoms with Gasteiger partial charge in [0.15, 0.2) is 0 Å². The third kappa shape index (κ3) is 3.08. The normalized spacial score (nSPS) is 25.9. The fraction of sp³-hybridized carbons (Fsp3) is 0.385. The number of amides is 1. The van der Waals surface area contributed by atoms with E-state index in [4.69, 9.17) is 0 Å². The van der Waals surface area contributed by atoms with Crippen molar-refractivity contribution in [3.63, 3.8) is 0 Å². The van der Waals surface area contributed by atoms with Gasteiger partial charge >= 0.3 is 5.97 Å². The Morgan fingerprint density at radius 1 is 1.37 bits per heavy atom. The Bertz CT molecular complexity index is 465. The summed E-state index contributed by atoms with van der Waals surface area (Å²) in [5.74, 6) is -0.232. The van der Waals surface area contributed by atoms with Crippen LogP contribution in [-0.4, -0.2) is 47.2 Å². The highest BCUT2D eigenvalue weighted by Crippen LogP contribution is 2.28. The summed E-state index contributed by atoms with van der Waals surface area (Å²) in [4.78, 5) is 23.4. The maximum Gasteiger partial charge on any atom is 0.321 e. The molecule has 2 rings (SSSR count). The van der Waals surface area contributed by atoms with E-state index >= 15 is 0 Å². The van der Waals surface area contributed by atoms with Crippen molar-refractivity contribution in [2.24, 2.45) is 0 Å². The van der Waals surface area contributed by atoms with Gasteiger partial charge in [0.25, 0.3) is 5.91 Å². The number of carbonyl (C=O) groups is 2. The van der Waals surface area contributed by atoms with Gasteiger partial charge < -0.3 is 15.2 Å². The Kier molecular flexibility index (Phi) is 4.44. The summed E-state index contributed by atoms with van der Waals surface area (Å²) in [6, 6.07) is 8.31. The first kappa shape index (κ1) is 13.9. The first-order chi connectivity index (χ1) is 9.13. The van der Waals surface area contributed by atoms with E-state index in [1.165, 1.54) is 18.9 Å². The molecule has 1 aromatic rings. The lowest BCUT2D eigenvalue weighted by Crippen LogP contribution is -2.46. The predicted octanol–water partition coefficient (Wildman–Crippen LogP) is 0.434. The number of nitrogens with one attached hydrogen (secondary N) is 1. The summed E-state index contributed by atoms with van der Waals surface area (Å²) in [5, 5.41) is 12.1. The number of rotatable bonds is 3. The Labute approximate surface area is 115 Å². The topological polar surface area (TPSA) is 75.6 Å². The van der Waals surface area contributed by atoms with Gasteiger partial charge in [0.2, 0.25) is 0 Å². The largest absolute Gasteiger partial charge is 0.468 e. The minimum atomic E-state index is -0.926. The third-order valence-corrected chi connectivity index (χ3v) is 4.35. The standard InChI is InChI=1S/C13H15NO4S/c1-18-13(17)11-10(15)9(7-19-11)14-12(16)8-5-3-2-4-6-8/h2-6,9-11,15H,7H2,1H3,(H,14,16)/t9-,10-,11+/m1/s1. The lowest BCUT2D eigenvalue weighted by Gasteiger charge is -2.18. The Morgan fingerprint density at radius 3 is 2.68 bits per heavy atom. The molecule has 0 radical (unpaired) electrons. The van der Waals surface area contributed by atoms with Crippen molar-refractivity contribution in [1.29, 1.82) is 0 Å². The molecule has 1 heterocycles. The fourth-order valence-corrected chi connectivity index (χ4v) is 3.22. The molecule has 0 saturated carbocycles. The van der Waals surface area contributed by atoms with Crippen LogP contribution in [0.4, 0.5) is 0 Å². The number of aliphatic hydroxyl groups excluding tert-OH is 1. The maximum absolute atomic E-state index is 11.9. The second kappa shape index (κ2) is 6.08. The molecule has 102 valence electrons. The van der Waals surface area contributed by atoms with Gasteiger partial charge in [0, 0.05) is 11.3 Å². The van der Waals surface area contributed by atoms with Crippen molar-refractivity contribution in [1.82, 2.24) is 5.32 Å². The number of ether oxygens (including phenoxy) is 1. The van der Waals surface area contributed by atoms with Gasteiger partial charge in [-0.05, 0) is 12.1 Å². The molecule has 1 saturated heterocycles. The van der Waals surface area contributed by atoms with Gasteiger partial charge in [-0.2, -0.15) is 0 Å². The maximum atomic E-state index is 11.9. The molecule has 1 aliphatic heterocycles. The number of methoxy groups -OCH3 is 1. The molecule has 1 aromatic carbocycles. The van der Waals surface area contributed by atoms with E-state index in [2.05, 4.69) is 10.1 Å². The number of carbonyl (C=O) groups excluding carboxylic acids is 2. The highest BCUT2D eigenvalue weighted by atomic mass is 32.2. The second-order valence-electron chi connectivity index (χ2n) is 4.21. The third-order valence-electron chi connectivity index (χ3n) is 2.96. The lowest BCUT2D eigenvalue weighted by atomic mass is 10.1. The minimum absolute atomic E-state index is 0.254. The molecule has 1 aliphatic rings. The van der Waals surface area contributed by atoms with E-state index in [0.29, 0.717) is 11.3 Å². The average Bonchev–Trinajstić information content (AvgIpc) is 2.80. The van der Waals surface area contributed by atoms with Gasteiger partial charge in [0.05, 0.1) is 19.3 Å². The quantitative estimate of drug-likeness (QED) is 0.786. The molecule has 0 aromatic heterocycles. The van der Waals surface area contributed by atoms with E-state index in [-0.39, 0.29) is 5.91 Å². The number of hydrogen-bond acceptors (Lipinski definition) is 5. The monoisotopic (exact) mass is 281 g/mol.